The lowest BCUT2D eigenvalue weighted by atomic mass is 9.42. The zero-order chi connectivity index (χ0) is 23.5. The average molecular weight is 443 g/mol. The fourth-order valence-electron chi connectivity index (χ4n) is 9.94. The lowest BCUT2D eigenvalue weighted by Gasteiger charge is -2.62. The van der Waals surface area contributed by atoms with Gasteiger partial charge in [0.25, 0.3) is 0 Å². The number of carbonyl (C=O) groups is 1. The van der Waals surface area contributed by atoms with Crippen LogP contribution in [0.15, 0.2) is 0 Å². The molecule has 0 heterocycles. The summed E-state index contributed by atoms with van der Waals surface area (Å²) >= 11 is 0. The molecule has 0 spiro atoms. The van der Waals surface area contributed by atoms with E-state index in [0.717, 1.165) is 41.9 Å². The Bertz CT molecular complexity index is 685. The van der Waals surface area contributed by atoms with Gasteiger partial charge in [-0.15, -0.1) is 0 Å². The van der Waals surface area contributed by atoms with Crippen molar-refractivity contribution in [1.82, 2.24) is 0 Å². The van der Waals surface area contributed by atoms with Crippen molar-refractivity contribution < 1.29 is 4.79 Å². The van der Waals surface area contributed by atoms with Gasteiger partial charge in [-0.3, -0.25) is 4.79 Å². The quantitative estimate of drug-likeness (QED) is 0.415. The van der Waals surface area contributed by atoms with E-state index >= 15 is 0 Å². The van der Waals surface area contributed by atoms with Crippen LogP contribution in [0.25, 0.3) is 0 Å². The van der Waals surface area contributed by atoms with E-state index in [1.807, 2.05) is 0 Å². The molecule has 4 aliphatic carbocycles. The molecule has 4 saturated carbocycles. The van der Waals surface area contributed by atoms with Gasteiger partial charge in [0, 0.05) is 12.3 Å². The molecule has 9 atom stereocenters. The van der Waals surface area contributed by atoms with Gasteiger partial charge in [-0.2, -0.15) is 0 Å². The smallest absolute Gasteiger partial charge is 0.136 e. The van der Waals surface area contributed by atoms with E-state index in [1.165, 1.54) is 64.2 Å². The van der Waals surface area contributed by atoms with E-state index in [2.05, 4.69) is 55.4 Å². The minimum absolute atomic E-state index is 0.116. The van der Waals surface area contributed by atoms with Crippen molar-refractivity contribution in [3.63, 3.8) is 0 Å². The van der Waals surface area contributed by atoms with Crippen molar-refractivity contribution in [2.75, 3.05) is 0 Å². The third kappa shape index (κ3) is 4.15. The lowest BCUT2D eigenvalue weighted by Crippen LogP contribution is -2.56. The molecule has 0 saturated heterocycles. The fraction of sp³-hybridized carbons (Fsp3) is 0.968. The molecule has 1 nitrogen and oxygen atoms in total. The van der Waals surface area contributed by atoms with Crippen LogP contribution in [0, 0.1) is 63.6 Å². The highest BCUT2D eigenvalue weighted by Gasteiger charge is 2.62. The molecule has 4 rings (SSSR count). The Morgan fingerprint density at radius 3 is 2.25 bits per heavy atom. The molecule has 4 fully saturated rings. The van der Waals surface area contributed by atoms with Gasteiger partial charge in [-0.25, -0.2) is 0 Å². The predicted octanol–water partition coefficient (Wildman–Crippen LogP) is 8.95. The number of fused-ring (bicyclic) bond motifs is 5. The number of hydrogen-bond donors (Lipinski definition) is 0. The number of hydrogen-bond acceptors (Lipinski definition) is 1. The van der Waals surface area contributed by atoms with Crippen molar-refractivity contribution in [2.45, 2.75) is 126 Å². The van der Waals surface area contributed by atoms with Crippen LogP contribution in [0.2, 0.25) is 0 Å². The van der Waals surface area contributed by atoms with Crippen LogP contribution >= 0.6 is 0 Å². The molecule has 0 aliphatic heterocycles. The Hall–Kier alpha value is -0.330. The Morgan fingerprint density at radius 2 is 1.59 bits per heavy atom. The molecule has 0 radical (unpaired) electrons. The molecule has 0 aromatic heterocycles. The Morgan fingerprint density at radius 1 is 0.906 bits per heavy atom. The van der Waals surface area contributed by atoms with Crippen molar-refractivity contribution in [1.29, 1.82) is 0 Å². The fourth-order valence-corrected chi connectivity index (χ4v) is 9.94. The summed E-state index contributed by atoms with van der Waals surface area (Å²) in [6, 6.07) is 0. The molecule has 0 aromatic carbocycles. The summed E-state index contributed by atoms with van der Waals surface area (Å²) in [5.41, 5.74) is 1.09. The minimum atomic E-state index is 0.116. The van der Waals surface area contributed by atoms with Gasteiger partial charge in [0.05, 0.1) is 0 Å². The molecule has 0 N–H and O–H groups in total. The van der Waals surface area contributed by atoms with E-state index in [1.54, 1.807) is 0 Å². The third-order valence-corrected chi connectivity index (χ3v) is 11.8. The molecule has 4 aliphatic rings. The SMILES string of the molecule is CC(C)CCC[C@@H](C)[C@H]1CC[C@H]2[C@@H]3CC[C@H]4CC(=O)[C@@H](C(C)(C)C)C[C@]4(C)[C@H]3CC[C@]12C. The van der Waals surface area contributed by atoms with Gasteiger partial charge < -0.3 is 0 Å². The van der Waals surface area contributed by atoms with Crippen molar-refractivity contribution in [3.05, 3.63) is 0 Å². The standard InChI is InChI=1S/C31H54O/c1-20(2)10-9-11-21(3)24-14-15-25-23-13-12-22-18-28(32)27(29(4,5)6)19-31(22,8)26(23)16-17-30(24,25)7/h20-27H,9-19H2,1-8H3/t21-,22+,23+,24-,25+,26+,27+,30-,31+/m1/s1. The average Bonchev–Trinajstić information content (AvgIpc) is 3.04. The van der Waals surface area contributed by atoms with Crippen LogP contribution < -0.4 is 0 Å². The Kier molecular flexibility index (Phi) is 6.75. The third-order valence-electron chi connectivity index (χ3n) is 11.8. The van der Waals surface area contributed by atoms with E-state index < -0.39 is 0 Å². The number of ketones is 1. The second-order valence-corrected chi connectivity index (χ2v) is 15.0. The topological polar surface area (TPSA) is 17.1 Å². The summed E-state index contributed by atoms with van der Waals surface area (Å²) in [5.74, 6) is 6.94. The van der Waals surface area contributed by atoms with Crippen LogP contribution in [-0.4, -0.2) is 5.78 Å². The van der Waals surface area contributed by atoms with Crippen molar-refractivity contribution in [2.24, 2.45) is 63.6 Å². The summed E-state index contributed by atoms with van der Waals surface area (Å²) in [5, 5.41) is 0. The molecule has 0 unspecified atom stereocenters. The maximum absolute atomic E-state index is 13.1. The predicted molar refractivity (Wildman–Crippen MR) is 136 cm³/mol. The summed E-state index contributed by atoms with van der Waals surface area (Å²) in [4.78, 5) is 13.1. The Balaban J connectivity index is 1.51. The van der Waals surface area contributed by atoms with Crippen LogP contribution in [-0.2, 0) is 4.79 Å². The highest BCUT2D eigenvalue weighted by atomic mass is 16.1. The molecular formula is C31H54O. The maximum Gasteiger partial charge on any atom is 0.136 e. The molecule has 0 bridgehead atoms. The molecule has 1 heteroatoms. The first kappa shape index (κ1) is 24.8. The number of carbonyl (C=O) groups excluding carboxylic acids is 1. The van der Waals surface area contributed by atoms with Crippen molar-refractivity contribution >= 4 is 5.78 Å². The Labute approximate surface area is 200 Å². The van der Waals surface area contributed by atoms with E-state index in [9.17, 15) is 4.79 Å². The summed E-state index contributed by atoms with van der Waals surface area (Å²) in [6.07, 6.45) is 14.9. The van der Waals surface area contributed by atoms with Crippen LogP contribution in [0.1, 0.15) is 126 Å². The molecule has 184 valence electrons. The monoisotopic (exact) mass is 442 g/mol. The van der Waals surface area contributed by atoms with Gasteiger partial charge in [0.1, 0.15) is 5.78 Å². The summed E-state index contributed by atoms with van der Waals surface area (Å²) < 4.78 is 0. The molecule has 0 aromatic rings. The minimum Gasteiger partial charge on any atom is -0.299 e. The molecule has 0 amide bonds. The molecule has 32 heavy (non-hydrogen) atoms. The van der Waals surface area contributed by atoms with Gasteiger partial charge in [-0.1, -0.05) is 74.7 Å². The van der Waals surface area contributed by atoms with Crippen molar-refractivity contribution in [3.8, 4) is 0 Å². The normalized spacial score (nSPS) is 45.3. The van der Waals surface area contributed by atoms with E-state index in [0.29, 0.717) is 22.5 Å². The zero-order valence-electron chi connectivity index (χ0n) is 22.8. The second kappa shape index (κ2) is 8.71. The largest absolute Gasteiger partial charge is 0.299 e. The maximum atomic E-state index is 13.1. The number of Topliss-reactive ketones (excluding diaryl/α,β-unsaturated/α-hetero) is 1. The van der Waals surface area contributed by atoms with E-state index in [-0.39, 0.29) is 11.3 Å². The van der Waals surface area contributed by atoms with Crippen LogP contribution in [0.3, 0.4) is 0 Å². The van der Waals surface area contributed by atoms with Gasteiger partial charge in [0.15, 0.2) is 0 Å². The van der Waals surface area contributed by atoms with Crippen LogP contribution in [0.5, 0.6) is 0 Å². The second-order valence-electron chi connectivity index (χ2n) is 15.0. The highest BCUT2D eigenvalue weighted by Crippen LogP contribution is 2.69. The van der Waals surface area contributed by atoms with Crippen LogP contribution in [0.4, 0.5) is 0 Å². The highest BCUT2D eigenvalue weighted by molar-refractivity contribution is 5.83. The first-order chi connectivity index (χ1) is 14.9. The van der Waals surface area contributed by atoms with Gasteiger partial charge in [0.2, 0.25) is 0 Å². The van der Waals surface area contributed by atoms with Gasteiger partial charge in [-0.05, 0) is 103 Å². The van der Waals surface area contributed by atoms with E-state index in [4.69, 9.17) is 0 Å². The first-order valence-corrected chi connectivity index (χ1v) is 14.4. The summed E-state index contributed by atoms with van der Waals surface area (Å²) in [7, 11) is 0. The zero-order valence-corrected chi connectivity index (χ0v) is 22.8. The number of rotatable bonds is 5. The molecular weight excluding hydrogens is 388 g/mol. The van der Waals surface area contributed by atoms with Gasteiger partial charge >= 0.3 is 0 Å². The lowest BCUT2D eigenvalue weighted by molar-refractivity contribution is -0.154. The first-order valence-electron chi connectivity index (χ1n) is 14.4. The summed E-state index contributed by atoms with van der Waals surface area (Å²) in [6.45, 7) is 19.6.